The number of amides is 1. The van der Waals surface area contributed by atoms with Gasteiger partial charge in [0.25, 0.3) is 5.91 Å². The molecule has 1 aromatic carbocycles. The molecule has 0 fully saturated rings. The van der Waals surface area contributed by atoms with Gasteiger partial charge in [0, 0.05) is 43.4 Å². The highest BCUT2D eigenvalue weighted by molar-refractivity contribution is 6.32. The van der Waals surface area contributed by atoms with Gasteiger partial charge in [0.2, 0.25) is 0 Å². The fourth-order valence-corrected chi connectivity index (χ4v) is 4.29. The smallest absolute Gasteiger partial charge is 0.255 e. The van der Waals surface area contributed by atoms with Gasteiger partial charge in [-0.1, -0.05) is 17.7 Å². The Hall–Kier alpha value is -3.23. The molecule has 2 atom stereocenters. The van der Waals surface area contributed by atoms with Crippen LogP contribution >= 0.6 is 11.6 Å². The van der Waals surface area contributed by atoms with E-state index in [1.54, 1.807) is 32.7 Å². The Morgan fingerprint density at radius 1 is 1.29 bits per heavy atom. The Labute approximate surface area is 204 Å². The maximum Gasteiger partial charge on any atom is 0.255 e. The molecule has 0 radical (unpaired) electrons. The molecule has 180 valence electrons. The predicted molar refractivity (Wildman–Crippen MR) is 133 cm³/mol. The number of carbonyl (C=O) groups excluding carboxylic acids is 1. The summed E-state index contributed by atoms with van der Waals surface area (Å²) in [5.74, 6) is 0.957. The summed E-state index contributed by atoms with van der Waals surface area (Å²) >= 11 is 6.35. The van der Waals surface area contributed by atoms with Gasteiger partial charge >= 0.3 is 0 Å². The fraction of sp³-hybridized carbons (Fsp3) is 0.360. The average Bonchev–Trinajstić information content (AvgIpc) is 3.17. The number of hydrogen-bond acceptors (Lipinski definition) is 6. The van der Waals surface area contributed by atoms with Crippen LogP contribution in [0.2, 0.25) is 5.02 Å². The van der Waals surface area contributed by atoms with Crippen molar-refractivity contribution < 1.29 is 19.0 Å². The van der Waals surface area contributed by atoms with Crippen LogP contribution < -0.4 is 20.1 Å². The van der Waals surface area contributed by atoms with Gasteiger partial charge in [-0.3, -0.25) is 9.78 Å². The van der Waals surface area contributed by atoms with Crippen molar-refractivity contribution in [2.45, 2.75) is 38.8 Å². The second-order valence-corrected chi connectivity index (χ2v) is 8.72. The molecule has 0 bridgehead atoms. The highest BCUT2D eigenvalue weighted by Crippen LogP contribution is 2.43. The highest BCUT2D eigenvalue weighted by atomic mass is 35.5. The third kappa shape index (κ3) is 4.83. The largest absolute Gasteiger partial charge is 0.493 e. The first-order valence-corrected chi connectivity index (χ1v) is 11.6. The summed E-state index contributed by atoms with van der Waals surface area (Å²) in [5, 5.41) is 6.89. The molecule has 0 saturated carbocycles. The van der Waals surface area contributed by atoms with E-state index in [0.717, 1.165) is 23.4 Å². The lowest BCUT2D eigenvalue weighted by molar-refractivity contribution is 0.0929. The molecule has 4 rings (SSSR count). The summed E-state index contributed by atoms with van der Waals surface area (Å²) in [6.07, 6.45) is 4.87. The van der Waals surface area contributed by atoms with E-state index < -0.39 is 0 Å². The molecule has 3 aromatic rings. The number of methoxy groups -OCH3 is 2. The molecule has 34 heavy (non-hydrogen) atoms. The summed E-state index contributed by atoms with van der Waals surface area (Å²) in [7, 11) is 3.24. The minimum absolute atomic E-state index is 0.0174. The predicted octanol–water partition coefficient (Wildman–Crippen LogP) is 4.96. The number of aromatic amines is 1. The molecule has 1 aliphatic rings. The summed E-state index contributed by atoms with van der Waals surface area (Å²) in [6, 6.07) is 7.32. The van der Waals surface area contributed by atoms with Crippen LogP contribution in [0.4, 0.5) is 11.4 Å². The van der Waals surface area contributed by atoms with Gasteiger partial charge in [0.15, 0.2) is 5.75 Å². The number of rotatable bonds is 9. The van der Waals surface area contributed by atoms with Crippen LogP contribution in [-0.2, 0) is 11.2 Å². The molecular formula is C25H29ClN4O4. The Balaban J connectivity index is 1.80. The van der Waals surface area contributed by atoms with Crippen molar-refractivity contribution in [2.24, 2.45) is 0 Å². The molecule has 9 heteroatoms. The SMILES string of the molecule is COc1c(Cl)cccc1Nc1c(-c2ccncc2OCCC(C)OC)[nH]c2c1C(=O)N[C@H](C)C2. The lowest BCUT2D eigenvalue weighted by Crippen LogP contribution is -2.39. The van der Waals surface area contributed by atoms with E-state index in [1.807, 2.05) is 32.0 Å². The first-order valence-electron chi connectivity index (χ1n) is 11.2. The molecule has 1 amide bonds. The van der Waals surface area contributed by atoms with Crippen LogP contribution in [0.3, 0.4) is 0 Å². The van der Waals surface area contributed by atoms with Crippen molar-refractivity contribution in [3.05, 3.63) is 52.9 Å². The molecule has 3 heterocycles. The van der Waals surface area contributed by atoms with Crippen LogP contribution in [0, 0.1) is 0 Å². The molecule has 0 spiro atoms. The third-order valence-electron chi connectivity index (χ3n) is 5.86. The average molecular weight is 485 g/mol. The standard InChI is InChI=1S/C25H29ClN4O4/c1-14-12-19-21(25(31)28-14)23(29-18-7-5-6-17(26)24(18)33-4)22(30-19)16-8-10-27-13-20(16)34-11-9-15(2)32-3/h5-8,10,13-15,29-30H,9,11-12H2,1-4H3,(H,28,31)/t14-,15?/m1/s1. The molecule has 8 nitrogen and oxygen atoms in total. The zero-order valence-electron chi connectivity index (χ0n) is 19.7. The summed E-state index contributed by atoms with van der Waals surface area (Å²) in [5.41, 5.74) is 4.21. The molecule has 0 saturated heterocycles. The van der Waals surface area contributed by atoms with Crippen molar-refractivity contribution in [3.8, 4) is 22.8 Å². The maximum absolute atomic E-state index is 13.1. The van der Waals surface area contributed by atoms with Gasteiger partial charge in [-0.25, -0.2) is 0 Å². The van der Waals surface area contributed by atoms with E-state index in [1.165, 1.54) is 0 Å². The van der Waals surface area contributed by atoms with E-state index in [0.29, 0.717) is 46.5 Å². The van der Waals surface area contributed by atoms with E-state index in [-0.39, 0.29) is 18.1 Å². The fourth-order valence-electron chi connectivity index (χ4n) is 4.04. The number of H-pyrrole nitrogens is 1. The summed E-state index contributed by atoms with van der Waals surface area (Å²) < 4.78 is 16.9. The van der Waals surface area contributed by atoms with Crippen molar-refractivity contribution >= 4 is 28.9 Å². The molecular weight excluding hydrogens is 456 g/mol. The quantitative estimate of drug-likeness (QED) is 0.397. The minimum atomic E-state index is -0.148. The number of fused-ring (bicyclic) bond motifs is 1. The summed E-state index contributed by atoms with van der Waals surface area (Å²) in [4.78, 5) is 20.8. The number of anilines is 2. The minimum Gasteiger partial charge on any atom is -0.493 e. The zero-order chi connectivity index (χ0) is 24.2. The van der Waals surface area contributed by atoms with Crippen molar-refractivity contribution in [3.63, 3.8) is 0 Å². The Bertz CT molecular complexity index is 1180. The van der Waals surface area contributed by atoms with Gasteiger partial charge < -0.3 is 29.8 Å². The topological polar surface area (TPSA) is 97.5 Å². The number of nitrogens with zero attached hydrogens (tertiary/aromatic N) is 1. The molecule has 1 unspecified atom stereocenters. The molecule has 3 N–H and O–H groups in total. The molecule has 2 aromatic heterocycles. The van der Waals surface area contributed by atoms with Gasteiger partial charge in [0.05, 0.1) is 53.7 Å². The monoisotopic (exact) mass is 484 g/mol. The van der Waals surface area contributed by atoms with E-state index >= 15 is 0 Å². The number of hydrogen-bond donors (Lipinski definition) is 3. The lowest BCUT2D eigenvalue weighted by atomic mass is 10.0. The third-order valence-corrected chi connectivity index (χ3v) is 6.16. The van der Waals surface area contributed by atoms with Crippen LogP contribution in [-0.4, -0.2) is 48.8 Å². The van der Waals surface area contributed by atoms with Crippen molar-refractivity contribution in [2.75, 3.05) is 26.1 Å². The van der Waals surface area contributed by atoms with Crippen molar-refractivity contribution in [1.29, 1.82) is 0 Å². The lowest BCUT2D eigenvalue weighted by Gasteiger charge is -2.21. The van der Waals surface area contributed by atoms with Gasteiger partial charge in [-0.05, 0) is 32.0 Å². The maximum atomic E-state index is 13.1. The van der Waals surface area contributed by atoms with Crippen molar-refractivity contribution in [1.82, 2.24) is 15.3 Å². The Kier molecular flexibility index (Phi) is 7.29. The number of halogens is 1. The van der Waals surface area contributed by atoms with Gasteiger partial charge in [0.1, 0.15) is 5.75 Å². The van der Waals surface area contributed by atoms with E-state index in [2.05, 4.69) is 20.6 Å². The number of nitrogens with one attached hydrogen (secondary N) is 3. The normalized spacial score (nSPS) is 15.9. The molecule has 1 aliphatic heterocycles. The number of aromatic nitrogens is 2. The first kappa shape index (κ1) is 23.9. The van der Waals surface area contributed by atoms with E-state index in [4.69, 9.17) is 25.8 Å². The Morgan fingerprint density at radius 3 is 2.88 bits per heavy atom. The first-order chi connectivity index (χ1) is 16.4. The van der Waals surface area contributed by atoms with E-state index in [9.17, 15) is 4.79 Å². The van der Waals surface area contributed by atoms with Crippen LogP contribution in [0.25, 0.3) is 11.3 Å². The van der Waals surface area contributed by atoms with Crippen LogP contribution in [0.15, 0.2) is 36.7 Å². The zero-order valence-corrected chi connectivity index (χ0v) is 20.5. The highest BCUT2D eigenvalue weighted by Gasteiger charge is 2.31. The second-order valence-electron chi connectivity index (χ2n) is 8.31. The number of para-hydroxylation sites is 1. The summed E-state index contributed by atoms with van der Waals surface area (Å²) in [6.45, 7) is 4.44. The Morgan fingerprint density at radius 2 is 2.12 bits per heavy atom. The van der Waals surface area contributed by atoms with Crippen LogP contribution in [0.1, 0.15) is 36.3 Å². The number of ether oxygens (including phenoxy) is 3. The van der Waals surface area contributed by atoms with Gasteiger partial charge in [-0.15, -0.1) is 0 Å². The van der Waals surface area contributed by atoms with Gasteiger partial charge in [-0.2, -0.15) is 0 Å². The molecule has 0 aliphatic carbocycles. The number of benzene rings is 1. The number of pyridine rings is 1. The number of carbonyl (C=O) groups is 1. The second kappa shape index (κ2) is 10.4. The van der Waals surface area contributed by atoms with Crippen LogP contribution in [0.5, 0.6) is 11.5 Å².